The van der Waals surface area contributed by atoms with Crippen LogP contribution in [0.4, 0.5) is 27.6 Å². The van der Waals surface area contributed by atoms with E-state index in [-0.39, 0.29) is 31.2 Å². The van der Waals surface area contributed by atoms with Crippen LogP contribution in [-0.2, 0) is 24.6 Å². The number of para-hydroxylation sites is 1. The van der Waals surface area contributed by atoms with Crippen LogP contribution in [0.2, 0.25) is 0 Å². The molecule has 2 heterocycles. The van der Waals surface area contributed by atoms with Crippen molar-refractivity contribution in [1.82, 2.24) is 15.1 Å². The van der Waals surface area contributed by atoms with Crippen molar-refractivity contribution in [2.75, 3.05) is 18.9 Å². The molecule has 2 saturated carbocycles. The Morgan fingerprint density at radius 1 is 1.18 bits per heavy atom. The molecule has 0 radical (unpaired) electrons. The number of rotatable bonds is 7. The maximum atomic E-state index is 14.2. The number of anilines is 1. The fraction of sp³-hybridized carbons (Fsp3) is 0.577. The number of nitrogens with zero attached hydrogens (tertiary/aromatic N) is 3. The third-order valence-electron chi connectivity index (χ3n) is 8.47. The molecule has 0 aromatic heterocycles. The van der Waals surface area contributed by atoms with E-state index in [1.165, 1.54) is 11.9 Å². The molecule has 2 N–H and O–H groups in total. The van der Waals surface area contributed by atoms with Crippen molar-refractivity contribution >= 4 is 29.3 Å². The minimum atomic E-state index is -5.21. The minimum absolute atomic E-state index is 0.0341. The number of nitrogens with one attached hydrogen (secondary N) is 2. The standard InChI is InChI=1S/C26H26F5N5O4/c1-13(33-22(40)24(27)25(28,29)26(24,30)31)19(37)35(3)17(10-14-8-9-14)20(38)36-12-23(11-18(36)32-2)15-6-4-5-7-16(15)34-21(23)39/h4-7,13-14,17-18H,8-12H2,1,3H3,(H,33,40)(H,34,39)/t13-,17-,18-,23-/m0/s1. The van der Waals surface area contributed by atoms with Crippen LogP contribution in [0.5, 0.6) is 0 Å². The van der Waals surface area contributed by atoms with Gasteiger partial charge in [0.15, 0.2) is 0 Å². The van der Waals surface area contributed by atoms with Crippen molar-refractivity contribution < 1.29 is 41.1 Å². The number of alkyl halides is 5. The van der Waals surface area contributed by atoms with Crippen molar-refractivity contribution in [3.8, 4) is 0 Å². The van der Waals surface area contributed by atoms with Crippen molar-refractivity contribution in [3.63, 3.8) is 0 Å². The normalized spacial score (nSPS) is 28.2. The zero-order valence-corrected chi connectivity index (χ0v) is 21.5. The molecular formula is C26H26F5N5O4. The summed E-state index contributed by atoms with van der Waals surface area (Å²) in [5.74, 6) is -14.7. The van der Waals surface area contributed by atoms with Gasteiger partial charge in [-0.3, -0.25) is 28.9 Å². The number of hydrogen-bond donors (Lipinski definition) is 2. The van der Waals surface area contributed by atoms with Gasteiger partial charge in [0, 0.05) is 19.3 Å². The van der Waals surface area contributed by atoms with Crippen LogP contribution in [0, 0.1) is 12.5 Å². The predicted octanol–water partition coefficient (Wildman–Crippen LogP) is 2.48. The number of likely N-dealkylation sites (tertiary alicyclic amines) is 1. The van der Waals surface area contributed by atoms with E-state index in [0.717, 1.165) is 24.7 Å². The number of carbonyl (C=O) groups is 4. The Hall–Kier alpha value is -3.76. The molecule has 2 aliphatic carbocycles. The second-order valence-electron chi connectivity index (χ2n) is 11.0. The number of carbonyl (C=O) groups excluding carboxylic acids is 4. The van der Waals surface area contributed by atoms with Crippen LogP contribution in [0.3, 0.4) is 0 Å². The van der Waals surface area contributed by atoms with Crippen molar-refractivity contribution in [3.05, 3.63) is 41.2 Å². The molecule has 4 atom stereocenters. The van der Waals surface area contributed by atoms with E-state index in [1.807, 2.05) is 0 Å². The van der Waals surface area contributed by atoms with E-state index in [1.54, 1.807) is 29.6 Å². The molecule has 2 aliphatic heterocycles. The molecule has 4 aliphatic rings. The Morgan fingerprint density at radius 2 is 1.80 bits per heavy atom. The second kappa shape index (κ2) is 8.87. The summed E-state index contributed by atoms with van der Waals surface area (Å²) in [7, 11) is 1.22. The number of halogens is 5. The van der Waals surface area contributed by atoms with Gasteiger partial charge in [-0.1, -0.05) is 31.0 Å². The summed E-state index contributed by atoms with van der Waals surface area (Å²) in [5.41, 5.74) is -4.71. The van der Waals surface area contributed by atoms with Gasteiger partial charge < -0.3 is 15.5 Å². The van der Waals surface area contributed by atoms with Gasteiger partial charge in [-0.15, -0.1) is 0 Å². The second-order valence-corrected chi connectivity index (χ2v) is 11.0. The number of hydrogen-bond acceptors (Lipinski definition) is 4. The van der Waals surface area contributed by atoms with Crippen LogP contribution >= 0.6 is 0 Å². The predicted molar refractivity (Wildman–Crippen MR) is 129 cm³/mol. The molecule has 0 bridgehead atoms. The average molecular weight is 568 g/mol. The molecule has 4 amide bonds. The maximum Gasteiger partial charge on any atom is 0.362 e. The SMILES string of the molecule is [C-]#[N+][C@@H]1C[C@@]2(CN1C(=O)[C@H](CC1CC1)N(C)C(=O)[C@H](C)NC(=O)C1(F)C(F)(F)C1(F)F)C(=O)Nc1ccccc12. The Kier molecular flexibility index (Phi) is 6.16. The van der Waals surface area contributed by atoms with Gasteiger partial charge in [0.25, 0.3) is 11.8 Å². The molecule has 1 aromatic rings. The van der Waals surface area contributed by atoms with Gasteiger partial charge in [-0.2, -0.15) is 17.6 Å². The maximum absolute atomic E-state index is 14.2. The Bertz CT molecular complexity index is 1330. The first-order valence-electron chi connectivity index (χ1n) is 12.7. The largest absolute Gasteiger partial charge is 0.362 e. The van der Waals surface area contributed by atoms with Crippen LogP contribution in [0.1, 0.15) is 38.2 Å². The van der Waals surface area contributed by atoms with Gasteiger partial charge in [0.2, 0.25) is 11.8 Å². The van der Waals surface area contributed by atoms with E-state index in [2.05, 4.69) is 10.2 Å². The molecule has 1 aromatic carbocycles. The minimum Gasteiger partial charge on any atom is -0.341 e. The quantitative estimate of drug-likeness (QED) is 0.391. The molecule has 1 saturated heterocycles. The van der Waals surface area contributed by atoms with Gasteiger partial charge in [-0.05, 0) is 30.9 Å². The lowest BCUT2D eigenvalue weighted by atomic mass is 9.80. The van der Waals surface area contributed by atoms with E-state index in [0.29, 0.717) is 11.3 Å². The summed E-state index contributed by atoms with van der Waals surface area (Å²) in [6.45, 7) is 8.58. The molecule has 9 nitrogen and oxygen atoms in total. The Balaban J connectivity index is 1.35. The molecular weight excluding hydrogens is 541 g/mol. The molecule has 5 rings (SSSR count). The number of fused-ring (bicyclic) bond motifs is 2. The molecule has 0 unspecified atom stereocenters. The fourth-order valence-electron chi connectivity index (χ4n) is 5.73. The first-order valence-corrected chi connectivity index (χ1v) is 12.7. The highest BCUT2D eigenvalue weighted by Crippen LogP contribution is 2.68. The molecule has 40 heavy (non-hydrogen) atoms. The summed E-state index contributed by atoms with van der Waals surface area (Å²) in [5, 5.41) is 4.38. The van der Waals surface area contributed by atoms with Crippen molar-refractivity contribution in [1.29, 1.82) is 0 Å². The zero-order valence-electron chi connectivity index (χ0n) is 21.5. The lowest BCUT2D eigenvalue weighted by Crippen LogP contribution is -2.56. The average Bonchev–Trinajstić information content (AvgIpc) is 3.68. The summed E-state index contributed by atoms with van der Waals surface area (Å²) in [4.78, 5) is 57.8. The Labute approximate surface area is 225 Å². The third-order valence-corrected chi connectivity index (χ3v) is 8.47. The highest BCUT2D eigenvalue weighted by Gasteiger charge is 3.02. The first-order chi connectivity index (χ1) is 18.6. The van der Waals surface area contributed by atoms with Crippen LogP contribution < -0.4 is 10.6 Å². The lowest BCUT2D eigenvalue weighted by molar-refractivity contribution is -0.147. The third kappa shape index (κ3) is 3.69. The van der Waals surface area contributed by atoms with Gasteiger partial charge in [0.05, 0.1) is 6.42 Å². The molecule has 214 valence electrons. The van der Waals surface area contributed by atoms with E-state index < -0.39 is 58.9 Å². The zero-order chi connectivity index (χ0) is 29.4. The van der Waals surface area contributed by atoms with E-state index in [4.69, 9.17) is 6.57 Å². The van der Waals surface area contributed by atoms with E-state index >= 15 is 0 Å². The number of benzene rings is 1. The summed E-state index contributed by atoms with van der Waals surface area (Å²) < 4.78 is 67.4. The summed E-state index contributed by atoms with van der Waals surface area (Å²) in [6, 6.07) is 4.05. The topological polar surface area (TPSA) is 103 Å². The van der Waals surface area contributed by atoms with Crippen LogP contribution in [0.25, 0.3) is 4.85 Å². The smallest absolute Gasteiger partial charge is 0.341 e. The molecule has 3 fully saturated rings. The molecule has 1 spiro atoms. The molecule has 14 heteroatoms. The lowest BCUT2D eigenvalue weighted by Gasteiger charge is -2.33. The van der Waals surface area contributed by atoms with Crippen LogP contribution in [0.15, 0.2) is 24.3 Å². The Morgan fingerprint density at radius 3 is 2.38 bits per heavy atom. The van der Waals surface area contributed by atoms with Gasteiger partial charge >= 0.3 is 23.7 Å². The van der Waals surface area contributed by atoms with Crippen LogP contribution in [-0.4, -0.2) is 82.8 Å². The van der Waals surface area contributed by atoms with Gasteiger partial charge in [0.1, 0.15) is 17.5 Å². The number of likely N-dealkylation sites (N-methyl/N-ethyl adjacent to an activating group) is 1. The fourth-order valence-corrected chi connectivity index (χ4v) is 5.73. The van der Waals surface area contributed by atoms with Crippen molar-refractivity contribution in [2.45, 2.75) is 73.8 Å². The highest BCUT2D eigenvalue weighted by molar-refractivity contribution is 6.07. The first kappa shape index (κ1) is 27.8. The van der Waals surface area contributed by atoms with Gasteiger partial charge in [-0.25, -0.2) is 11.0 Å². The summed E-state index contributed by atoms with van der Waals surface area (Å²) >= 11 is 0. The summed E-state index contributed by atoms with van der Waals surface area (Å²) in [6.07, 6.45) is 0.753. The van der Waals surface area contributed by atoms with E-state index in [9.17, 15) is 41.1 Å². The number of amides is 4. The van der Waals surface area contributed by atoms with Crippen molar-refractivity contribution in [2.24, 2.45) is 5.92 Å². The monoisotopic (exact) mass is 567 g/mol. The highest BCUT2D eigenvalue weighted by atomic mass is 19.3.